The van der Waals surface area contributed by atoms with Gasteiger partial charge in [0, 0.05) is 13.2 Å². The topological polar surface area (TPSA) is 75.6 Å². The van der Waals surface area contributed by atoms with E-state index in [4.69, 9.17) is 9.84 Å². The molecule has 0 aliphatic rings. The number of carboxylic acid groups (broad SMARTS) is 1. The van der Waals surface area contributed by atoms with Gasteiger partial charge in [-0.3, -0.25) is 4.79 Å². The lowest BCUT2D eigenvalue weighted by Gasteiger charge is -2.13. The number of benzene rings is 1. The highest BCUT2D eigenvalue weighted by molar-refractivity contribution is 6.04. The van der Waals surface area contributed by atoms with Gasteiger partial charge in [0.1, 0.15) is 0 Å². The lowest BCUT2D eigenvalue weighted by molar-refractivity contribution is 0.0674. The normalized spacial score (nSPS) is 12.0. The highest BCUT2D eigenvalue weighted by atomic mass is 19.2. The van der Waals surface area contributed by atoms with Crippen LogP contribution < -0.4 is 5.32 Å². The summed E-state index contributed by atoms with van der Waals surface area (Å²) in [6.07, 6.45) is -0.275. The average molecular weight is 287 g/mol. The van der Waals surface area contributed by atoms with Gasteiger partial charge in [-0.25, -0.2) is 13.6 Å². The lowest BCUT2D eigenvalue weighted by Crippen LogP contribution is -2.33. The van der Waals surface area contributed by atoms with Gasteiger partial charge in [-0.2, -0.15) is 0 Å². The number of aromatic carboxylic acids is 1. The van der Waals surface area contributed by atoms with Gasteiger partial charge in [0.25, 0.3) is 5.91 Å². The van der Waals surface area contributed by atoms with E-state index in [0.29, 0.717) is 18.7 Å². The molecule has 1 unspecified atom stereocenters. The third-order valence-electron chi connectivity index (χ3n) is 2.54. The van der Waals surface area contributed by atoms with Crippen LogP contribution in [0.1, 0.15) is 34.6 Å². The molecule has 0 aromatic heterocycles. The number of halogens is 2. The minimum atomic E-state index is -1.51. The van der Waals surface area contributed by atoms with Gasteiger partial charge >= 0.3 is 5.97 Å². The van der Waals surface area contributed by atoms with Crippen LogP contribution in [0.25, 0.3) is 0 Å². The number of rotatable bonds is 6. The first-order valence-corrected chi connectivity index (χ1v) is 5.99. The Balaban J connectivity index is 2.92. The summed E-state index contributed by atoms with van der Waals surface area (Å²) in [4.78, 5) is 22.8. The van der Waals surface area contributed by atoms with Crippen molar-refractivity contribution < 1.29 is 28.2 Å². The molecule has 0 heterocycles. The maximum absolute atomic E-state index is 13.1. The van der Waals surface area contributed by atoms with Crippen LogP contribution in [0.3, 0.4) is 0 Å². The van der Waals surface area contributed by atoms with Crippen LogP contribution in [0.5, 0.6) is 0 Å². The van der Waals surface area contributed by atoms with Crippen molar-refractivity contribution in [2.24, 2.45) is 0 Å². The maximum Gasteiger partial charge on any atom is 0.336 e. The summed E-state index contributed by atoms with van der Waals surface area (Å²) in [7, 11) is 0. The molecule has 0 saturated heterocycles. The van der Waals surface area contributed by atoms with E-state index in [1.54, 1.807) is 13.8 Å². The van der Waals surface area contributed by atoms with Crippen LogP contribution >= 0.6 is 0 Å². The number of carboxylic acids is 1. The summed E-state index contributed by atoms with van der Waals surface area (Å²) in [6.45, 7) is 4.09. The molecule has 20 heavy (non-hydrogen) atoms. The number of carbonyl (C=O) groups is 2. The number of amides is 1. The highest BCUT2D eigenvalue weighted by Crippen LogP contribution is 2.15. The van der Waals surface area contributed by atoms with Gasteiger partial charge in [0.15, 0.2) is 11.6 Å². The van der Waals surface area contributed by atoms with Crippen LogP contribution in [0.15, 0.2) is 12.1 Å². The van der Waals surface area contributed by atoms with Gasteiger partial charge in [-0.05, 0) is 26.0 Å². The van der Waals surface area contributed by atoms with E-state index in [2.05, 4.69) is 5.32 Å². The summed E-state index contributed by atoms with van der Waals surface area (Å²) in [6, 6.07) is 1.05. The second-order valence-electron chi connectivity index (χ2n) is 4.09. The van der Waals surface area contributed by atoms with Crippen LogP contribution in [-0.2, 0) is 4.74 Å². The van der Waals surface area contributed by atoms with Crippen molar-refractivity contribution in [3.63, 3.8) is 0 Å². The number of hydrogen-bond acceptors (Lipinski definition) is 3. The van der Waals surface area contributed by atoms with Gasteiger partial charge in [-0.15, -0.1) is 0 Å². The smallest absolute Gasteiger partial charge is 0.336 e. The Bertz CT molecular complexity index is 519. The van der Waals surface area contributed by atoms with Gasteiger partial charge < -0.3 is 15.2 Å². The van der Waals surface area contributed by atoms with Gasteiger partial charge in [0.2, 0.25) is 0 Å². The van der Waals surface area contributed by atoms with Crippen LogP contribution in [0.4, 0.5) is 8.78 Å². The molecule has 0 aliphatic heterocycles. The standard InChI is InChI=1S/C13H15F2NO4/c1-3-20-7(2)6-16-12(17)8-4-10(14)11(15)5-9(8)13(18)19/h4-5,7H,3,6H2,1-2H3,(H,16,17)(H,18,19). The third-order valence-corrected chi connectivity index (χ3v) is 2.54. The SMILES string of the molecule is CCOC(C)CNC(=O)c1cc(F)c(F)cc1C(=O)O. The van der Waals surface area contributed by atoms with Crippen molar-refractivity contribution in [3.05, 3.63) is 34.9 Å². The molecule has 2 N–H and O–H groups in total. The highest BCUT2D eigenvalue weighted by Gasteiger charge is 2.20. The molecule has 0 saturated carbocycles. The van der Waals surface area contributed by atoms with Gasteiger partial charge in [0.05, 0.1) is 17.2 Å². The molecule has 7 heteroatoms. The Hall–Kier alpha value is -2.02. The van der Waals surface area contributed by atoms with Gasteiger partial charge in [-0.1, -0.05) is 0 Å². The zero-order chi connectivity index (χ0) is 15.3. The molecular formula is C13H15F2NO4. The van der Waals surface area contributed by atoms with Crippen molar-refractivity contribution in [2.45, 2.75) is 20.0 Å². The summed E-state index contributed by atoms with van der Waals surface area (Å²) in [5.74, 6) is -4.90. The molecule has 0 fully saturated rings. The van der Waals surface area contributed by atoms with E-state index < -0.39 is 34.6 Å². The largest absolute Gasteiger partial charge is 0.478 e. The van der Waals surface area contributed by atoms with Crippen molar-refractivity contribution in [3.8, 4) is 0 Å². The molecule has 1 rings (SSSR count). The quantitative estimate of drug-likeness (QED) is 0.836. The van der Waals surface area contributed by atoms with Crippen LogP contribution in [0, 0.1) is 11.6 Å². The number of ether oxygens (including phenoxy) is 1. The van der Waals surface area contributed by atoms with E-state index in [0.717, 1.165) is 0 Å². The van der Waals surface area contributed by atoms with Crippen molar-refractivity contribution in [2.75, 3.05) is 13.2 Å². The van der Waals surface area contributed by atoms with Crippen molar-refractivity contribution in [1.82, 2.24) is 5.32 Å². The summed E-state index contributed by atoms with van der Waals surface area (Å²) < 4.78 is 31.3. The molecule has 0 aliphatic carbocycles. The number of nitrogens with one attached hydrogen (secondary N) is 1. The van der Waals surface area contributed by atoms with E-state index in [1.807, 2.05) is 0 Å². The van der Waals surface area contributed by atoms with E-state index in [-0.39, 0.29) is 12.6 Å². The molecule has 0 radical (unpaired) electrons. The third kappa shape index (κ3) is 3.99. The van der Waals surface area contributed by atoms with E-state index >= 15 is 0 Å². The van der Waals surface area contributed by atoms with E-state index in [1.165, 1.54) is 0 Å². The number of hydrogen-bond donors (Lipinski definition) is 2. The first kappa shape index (κ1) is 16.0. The Labute approximate surface area is 114 Å². The fraction of sp³-hybridized carbons (Fsp3) is 0.385. The predicted molar refractivity (Wildman–Crippen MR) is 66.7 cm³/mol. The molecule has 0 spiro atoms. The minimum absolute atomic E-state index is 0.130. The molecule has 1 aromatic rings. The second kappa shape index (κ2) is 6.95. The monoisotopic (exact) mass is 287 g/mol. The number of carbonyl (C=O) groups excluding carboxylic acids is 1. The van der Waals surface area contributed by atoms with E-state index in [9.17, 15) is 18.4 Å². The summed E-state index contributed by atoms with van der Waals surface area (Å²) in [5.41, 5.74) is -1.02. The Morgan fingerprint density at radius 2 is 1.85 bits per heavy atom. The molecule has 1 amide bonds. The second-order valence-corrected chi connectivity index (χ2v) is 4.09. The van der Waals surface area contributed by atoms with Crippen LogP contribution in [0.2, 0.25) is 0 Å². The Kier molecular flexibility index (Phi) is 5.57. The zero-order valence-corrected chi connectivity index (χ0v) is 11.1. The fourth-order valence-electron chi connectivity index (χ4n) is 1.59. The minimum Gasteiger partial charge on any atom is -0.478 e. The Morgan fingerprint density at radius 1 is 1.30 bits per heavy atom. The maximum atomic E-state index is 13.1. The molecule has 1 aromatic carbocycles. The van der Waals surface area contributed by atoms with Crippen molar-refractivity contribution >= 4 is 11.9 Å². The first-order valence-electron chi connectivity index (χ1n) is 5.99. The summed E-state index contributed by atoms with van der Waals surface area (Å²) in [5, 5.41) is 11.3. The van der Waals surface area contributed by atoms with Crippen molar-refractivity contribution in [1.29, 1.82) is 0 Å². The molecule has 110 valence electrons. The fourth-order valence-corrected chi connectivity index (χ4v) is 1.59. The molecule has 1 atom stereocenters. The zero-order valence-electron chi connectivity index (χ0n) is 11.1. The lowest BCUT2D eigenvalue weighted by atomic mass is 10.1. The average Bonchev–Trinajstić information content (AvgIpc) is 2.38. The first-order chi connectivity index (χ1) is 9.36. The Morgan fingerprint density at radius 3 is 2.35 bits per heavy atom. The molecule has 5 nitrogen and oxygen atoms in total. The summed E-state index contributed by atoms with van der Waals surface area (Å²) >= 11 is 0. The molecule has 0 bridgehead atoms. The molecular weight excluding hydrogens is 272 g/mol. The predicted octanol–water partition coefficient (Wildman–Crippen LogP) is 1.82. The van der Waals surface area contributed by atoms with Crippen LogP contribution in [-0.4, -0.2) is 36.2 Å².